The van der Waals surface area contributed by atoms with Gasteiger partial charge in [0.25, 0.3) is 0 Å². The summed E-state index contributed by atoms with van der Waals surface area (Å²) in [5, 5.41) is 10.9. The fraction of sp³-hybridized carbons (Fsp3) is 0.300. The largest absolute Gasteiger partial charge is 0.416 e. The normalized spacial score (nSPS) is 13.2. The van der Waals surface area contributed by atoms with Gasteiger partial charge in [0.2, 0.25) is 5.91 Å². The minimum Gasteiger partial charge on any atom is -0.397 e. The Morgan fingerprint density at radius 3 is 2.50 bits per heavy atom. The zero-order valence-electron chi connectivity index (χ0n) is 9.16. The van der Waals surface area contributed by atoms with E-state index in [1.54, 1.807) is 0 Å². The van der Waals surface area contributed by atoms with Gasteiger partial charge in [0.15, 0.2) is 0 Å². The number of nitrogens with two attached hydrogens (primary N) is 2. The second-order valence-corrected chi connectivity index (χ2v) is 3.58. The van der Waals surface area contributed by atoms with Crippen molar-refractivity contribution >= 4 is 17.3 Å². The Kier molecular flexibility index (Phi) is 4.15. The summed E-state index contributed by atoms with van der Waals surface area (Å²) in [5.41, 5.74) is 9.49. The van der Waals surface area contributed by atoms with Crippen molar-refractivity contribution < 1.29 is 23.1 Å². The van der Waals surface area contributed by atoms with Gasteiger partial charge in [-0.3, -0.25) is 4.79 Å². The number of benzene rings is 1. The van der Waals surface area contributed by atoms with Crippen LogP contribution >= 0.6 is 0 Å². The number of rotatable bonds is 3. The van der Waals surface area contributed by atoms with Crippen molar-refractivity contribution in [1.82, 2.24) is 0 Å². The van der Waals surface area contributed by atoms with Crippen molar-refractivity contribution in [3.63, 3.8) is 0 Å². The Balaban J connectivity index is 2.90. The van der Waals surface area contributed by atoms with Gasteiger partial charge in [0.05, 0.1) is 23.5 Å². The van der Waals surface area contributed by atoms with Crippen molar-refractivity contribution in [3.05, 3.63) is 23.8 Å². The summed E-state index contributed by atoms with van der Waals surface area (Å²) in [6.45, 7) is -0.577. The third kappa shape index (κ3) is 3.34. The highest BCUT2D eigenvalue weighted by atomic mass is 19.4. The summed E-state index contributed by atoms with van der Waals surface area (Å²) in [6.07, 6.45) is -4.50. The summed E-state index contributed by atoms with van der Waals surface area (Å²) in [5.74, 6) is -0.732. The maximum Gasteiger partial charge on any atom is 0.416 e. The van der Waals surface area contributed by atoms with Gasteiger partial charge in [-0.2, -0.15) is 13.2 Å². The quantitative estimate of drug-likeness (QED) is 0.598. The van der Waals surface area contributed by atoms with Gasteiger partial charge in [-0.15, -0.1) is 0 Å². The molecule has 1 aromatic rings. The van der Waals surface area contributed by atoms with Crippen molar-refractivity contribution in [2.75, 3.05) is 17.7 Å². The molecule has 18 heavy (non-hydrogen) atoms. The minimum absolute atomic E-state index is 0.0110. The van der Waals surface area contributed by atoms with E-state index in [4.69, 9.17) is 16.6 Å². The van der Waals surface area contributed by atoms with E-state index in [-0.39, 0.29) is 11.4 Å². The van der Waals surface area contributed by atoms with E-state index in [0.717, 1.165) is 12.1 Å². The first-order valence-corrected chi connectivity index (χ1v) is 4.89. The van der Waals surface area contributed by atoms with Crippen LogP contribution in [0.2, 0.25) is 0 Å². The number of carbonyl (C=O) groups excluding carboxylic acids is 1. The molecular formula is C10H12F3N3O2. The van der Waals surface area contributed by atoms with E-state index in [2.05, 4.69) is 5.32 Å². The number of aliphatic hydroxyl groups is 1. The van der Waals surface area contributed by atoms with Gasteiger partial charge in [0, 0.05) is 0 Å². The number of hydrogen-bond donors (Lipinski definition) is 4. The number of nitrogens with one attached hydrogen (secondary N) is 1. The predicted molar refractivity (Wildman–Crippen MR) is 59.5 cm³/mol. The second kappa shape index (κ2) is 5.23. The van der Waals surface area contributed by atoms with E-state index in [1.807, 2.05) is 0 Å². The molecule has 1 amide bonds. The van der Waals surface area contributed by atoms with Gasteiger partial charge in [0.1, 0.15) is 6.04 Å². The van der Waals surface area contributed by atoms with E-state index >= 15 is 0 Å². The number of halogens is 3. The fourth-order valence-corrected chi connectivity index (χ4v) is 1.16. The number of hydrogen-bond acceptors (Lipinski definition) is 4. The van der Waals surface area contributed by atoms with Crippen LogP contribution in [0.1, 0.15) is 5.56 Å². The summed E-state index contributed by atoms with van der Waals surface area (Å²) in [7, 11) is 0. The number of amides is 1. The molecule has 5 nitrogen and oxygen atoms in total. The van der Waals surface area contributed by atoms with E-state index in [9.17, 15) is 18.0 Å². The van der Waals surface area contributed by atoms with E-state index in [1.165, 1.54) is 0 Å². The molecule has 0 aromatic heterocycles. The molecular weight excluding hydrogens is 251 g/mol. The lowest BCUT2D eigenvalue weighted by Gasteiger charge is -2.13. The molecule has 0 spiro atoms. The molecule has 1 rings (SSSR count). The van der Waals surface area contributed by atoms with Gasteiger partial charge < -0.3 is 21.9 Å². The first-order valence-electron chi connectivity index (χ1n) is 4.89. The molecule has 0 heterocycles. The van der Waals surface area contributed by atoms with Crippen LogP contribution in [0.25, 0.3) is 0 Å². The van der Waals surface area contributed by atoms with Crippen LogP contribution in [0.3, 0.4) is 0 Å². The third-order valence-corrected chi connectivity index (χ3v) is 2.17. The van der Waals surface area contributed by atoms with Crippen LogP contribution < -0.4 is 16.8 Å². The smallest absolute Gasteiger partial charge is 0.397 e. The highest BCUT2D eigenvalue weighted by Crippen LogP contribution is 2.32. The number of alkyl halides is 3. The minimum atomic E-state index is -4.50. The van der Waals surface area contributed by atoms with Crippen LogP contribution in [0.5, 0.6) is 0 Å². The lowest BCUT2D eigenvalue weighted by Crippen LogP contribution is -2.38. The number of nitrogen functional groups attached to an aromatic ring is 1. The molecule has 0 saturated carbocycles. The Bertz CT molecular complexity index is 448. The molecule has 6 N–H and O–H groups in total. The van der Waals surface area contributed by atoms with Crippen molar-refractivity contribution in [3.8, 4) is 0 Å². The number of carbonyl (C=O) groups is 1. The van der Waals surface area contributed by atoms with Crippen LogP contribution in [-0.4, -0.2) is 23.7 Å². The zero-order valence-corrected chi connectivity index (χ0v) is 9.16. The molecule has 0 fully saturated rings. The first kappa shape index (κ1) is 14.3. The Morgan fingerprint density at radius 1 is 1.44 bits per heavy atom. The van der Waals surface area contributed by atoms with Crippen molar-refractivity contribution in [1.29, 1.82) is 0 Å². The van der Waals surface area contributed by atoms with Crippen molar-refractivity contribution in [2.24, 2.45) is 5.73 Å². The predicted octanol–water partition coefficient (Wildman–Crippen LogP) is 0.546. The SMILES string of the molecule is Nc1cc(C(F)(F)F)ccc1NC(=O)C(N)CO. The Morgan fingerprint density at radius 2 is 2.06 bits per heavy atom. The second-order valence-electron chi connectivity index (χ2n) is 3.58. The van der Waals surface area contributed by atoms with Crippen LogP contribution in [0.4, 0.5) is 24.5 Å². The molecule has 0 saturated heterocycles. The molecule has 0 radical (unpaired) electrons. The highest BCUT2D eigenvalue weighted by Gasteiger charge is 2.30. The molecule has 1 unspecified atom stereocenters. The van der Waals surface area contributed by atoms with Crippen molar-refractivity contribution in [2.45, 2.75) is 12.2 Å². The lowest BCUT2D eigenvalue weighted by atomic mass is 10.1. The Labute approximate surface area is 101 Å². The maximum atomic E-state index is 12.3. The molecule has 0 aliphatic rings. The first-order chi connectivity index (χ1) is 8.25. The molecule has 0 aliphatic heterocycles. The molecule has 1 atom stereocenters. The van der Waals surface area contributed by atoms with Gasteiger partial charge >= 0.3 is 6.18 Å². The van der Waals surface area contributed by atoms with Gasteiger partial charge in [-0.25, -0.2) is 0 Å². The maximum absolute atomic E-state index is 12.3. The molecule has 100 valence electrons. The van der Waals surface area contributed by atoms with Crippen LogP contribution in [0.15, 0.2) is 18.2 Å². The van der Waals surface area contributed by atoms with Crippen LogP contribution in [0, 0.1) is 0 Å². The van der Waals surface area contributed by atoms with Crippen LogP contribution in [-0.2, 0) is 11.0 Å². The topological polar surface area (TPSA) is 101 Å². The average molecular weight is 263 g/mol. The lowest BCUT2D eigenvalue weighted by molar-refractivity contribution is -0.137. The number of aliphatic hydroxyl groups excluding tert-OH is 1. The molecule has 0 bridgehead atoms. The van der Waals surface area contributed by atoms with Gasteiger partial charge in [-0.05, 0) is 18.2 Å². The third-order valence-electron chi connectivity index (χ3n) is 2.17. The van der Waals surface area contributed by atoms with E-state index < -0.39 is 30.3 Å². The zero-order chi connectivity index (χ0) is 13.9. The molecule has 1 aromatic carbocycles. The Hall–Kier alpha value is -1.80. The average Bonchev–Trinajstić information content (AvgIpc) is 2.29. The fourth-order valence-electron chi connectivity index (χ4n) is 1.16. The van der Waals surface area contributed by atoms with E-state index in [0.29, 0.717) is 6.07 Å². The summed E-state index contributed by atoms with van der Waals surface area (Å²) in [4.78, 5) is 11.3. The molecule has 0 aliphatic carbocycles. The monoisotopic (exact) mass is 263 g/mol. The van der Waals surface area contributed by atoms with Gasteiger partial charge in [-0.1, -0.05) is 0 Å². The highest BCUT2D eigenvalue weighted by molar-refractivity contribution is 5.97. The number of anilines is 2. The summed E-state index contributed by atoms with van der Waals surface area (Å²) in [6, 6.07) is 1.36. The summed E-state index contributed by atoms with van der Waals surface area (Å²) < 4.78 is 37.0. The molecule has 8 heteroatoms. The standard InChI is InChI=1S/C10H12F3N3O2/c11-10(12,13)5-1-2-8(6(14)3-5)16-9(18)7(15)4-17/h1-3,7,17H,4,14-15H2,(H,16,18). The summed E-state index contributed by atoms with van der Waals surface area (Å²) >= 11 is 0.